The minimum atomic E-state index is -3.93. The van der Waals surface area contributed by atoms with Crippen LogP contribution in [0, 0.1) is 0 Å². The van der Waals surface area contributed by atoms with Gasteiger partial charge in [0.2, 0.25) is 0 Å². The summed E-state index contributed by atoms with van der Waals surface area (Å²) in [5.74, 6) is 0. The SMILES string of the molecule is CCCCCCC(CCCCC(O)CCCC)S(=O)(=O)O. The van der Waals surface area contributed by atoms with Crippen molar-refractivity contribution in [1.82, 2.24) is 0 Å². The first-order valence-electron chi connectivity index (χ1n) is 8.56. The largest absolute Gasteiger partial charge is 0.393 e. The molecule has 0 saturated carbocycles. The van der Waals surface area contributed by atoms with Gasteiger partial charge in [0, 0.05) is 0 Å². The number of aliphatic hydroxyl groups is 1. The van der Waals surface area contributed by atoms with Crippen molar-refractivity contribution in [1.29, 1.82) is 0 Å². The Morgan fingerprint density at radius 3 is 1.76 bits per heavy atom. The van der Waals surface area contributed by atoms with Crippen LogP contribution in [0.1, 0.15) is 90.9 Å². The first-order valence-corrected chi connectivity index (χ1v) is 10.1. The molecule has 0 aromatic carbocycles. The average Bonchev–Trinajstić information content (AvgIpc) is 2.41. The molecule has 0 fully saturated rings. The van der Waals surface area contributed by atoms with Crippen molar-refractivity contribution in [2.24, 2.45) is 0 Å². The maximum atomic E-state index is 11.4. The Kier molecular flexibility index (Phi) is 12.3. The lowest BCUT2D eigenvalue weighted by molar-refractivity contribution is 0.148. The van der Waals surface area contributed by atoms with Crippen LogP contribution >= 0.6 is 0 Å². The van der Waals surface area contributed by atoms with Gasteiger partial charge in [-0.25, -0.2) is 0 Å². The van der Waals surface area contributed by atoms with Gasteiger partial charge in [0.05, 0.1) is 11.4 Å². The summed E-state index contributed by atoms with van der Waals surface area (Å²) in [6, 6.07) is 0. The van der Waals surface area contributed by atoms with Crippen LogP contribution in [0.25, 0.3) is 0 Å². The minimum absolute atomic E-state index is 0.265. The molecule has 0 saturated heterocycles. The van der Waals surface area contributed by atoms with Crippen molar-refractivity contribution >= 4 is 10.1 Å². The molecule has 128 valence electrons. The van der Waals surface area contributed by atoms with E-state index in [1.165, 1.54) is 0 Å². The van der Waals surface area contributed by atoms with Gasteiger partial charge in [-0.15, -0.1) is 0 Å². The first kappa shape index (κ1) is 20.9. The molecule has 0 rings (SSSR count). The molecule has 21 heavy (non-hydrogen) atoms. The zero-order chi connectivity index (χ0) is 16.1. The van der Waals surface area contributed by atoms with Gasteiger partial charge in [-0.1, -0.05) is 65.2 Å². The highest BCUT2D eigenvalue weighted by Crippen LogP contribution is 2.19. The van der Waals surface area contributed by atoms with Gasteiger partial charge in [-0.3, -0.25) is 4.55 Å². The monoisotopic (exact) mass is 322 g/mol. The van der Waals surface area contributed by atoms with E-state index in [0.29, 0.717) is 12.8 Å². The lowest BCUT2D eigenvalue weighted by Crippen LogP contribution is -2.20. The molecule has 2 atom stereocenters. The number of unbranched alkanes of at least 4 members (excludes halogenated alkanes) is 5. The molecule has 2 unspecified atom stereocenters. The number of rotatable bonds is 14. The van der Waals surface area contributed by atoms with Gasteiger partial charge in [0.15, 0.2) is 0 Å². The Morgan fingerprint density at radius 1 is 0.762 bits per heavy atom. The lowest BCUT2D eigenvalue weighted by atomic mass is 10.0. The third kappa shape index (κ3) is 12.1. The van der Waals surface area contributed by atoms with E-state index in [0.717, 1.165) is 64.2 Å². The molecule has 0 aliphatic carbocycles. The van der Waals surface area contributed by atoms with Crippen LogP contribution in [0.4, 0.5) is 0 Å². The van der Waals surface area contributed by atoms with Crippen molar-refractivity contribution in [2.75, 3.05) is 0 Å². The lowest BCUT2D eigenvalue weighted by Gasteiger charge is -2.14. The summed E-state index contributed by atoms with van der Waals surface area (Å²) in [6.45, 7) is 4.21. The van der Waals surface area contributed by atoms with Crippen molar-refractivity contribution in [3.05, 3.63) is 0 Å². The quantitative estimate of drug-likeness (QED) is 0.369. The third-order valence-electron chi connectivity index (χ3n) is 4.01. The minimum Gasteiger partial charge on any atom is -0.393 e. The van der Waals surface area contributed by atoms with Crippen LogP contribution in [0.3, 0.4) is 0 Å². The van der Waals surface area contributed by atoms with E-state index < -0.39 is 15.4 Å². The number of hydrogen-bond acceptors (Lipinski definition) is 3. The zero-order valence-electron chi connectivity index (χ0n) is 13.8. The standard InChI is InChI=1S/C16H34O4S/c1-3-5-7-8-13-16(21(18,19)20)14-10-9-12-15(17)11-6-4-2/h15-17H,3-14H2,1-2H3,(H,18,19,20). The number of hydrogen-bond donors (Lipinski definition) is 2. The zero-order valence-corrected chi connectivity index (χ0v) is 14.6. The van der Waals surface area contributed by atoms with E-state index in [4.69, 9.17) is 0 Å². The second-order valence-corrected chi connectivity index (χ2v) is 7.76. The summed E-state index contributed by atoms with van der Waals surface area (Å²) in [5, 5.41) is 9.12. The Labute approximate surface area is 131 Å². The van der Waals surface area contributed by atoms with Gasteiger partial charge in [-0.2, -0.15) is 8.42 Å². The van der Waals surface area contributed by atoms with E-state index in [2.05, 4.69) is 13.8 Å². The predicted octanol–water partition coefficient (Wildman–Crippen LogP) is 4.32. The van der Waals surface area contributed by atoms with Crippen LogP contribution in [0.2, 0.25) is 0 Å². The van der Waals surface area contributed by atoms with Crippen LogP contribution in [-0.4, -0.2) is 29.4 Å². The average molecular weight is 323 g/mol. The smallest absolute Gasteiger partial charge is 0.267 e. The topological polar surface area (TPSA) is 74.6 Å². The molecule has 0 spiro atoms. The van der Waals surface area contributed by atoms with Crippen LogP contribution in [-0.2, 0) is 10.1 Å². The molecule has 0 heterocycles. The van der Waals surface area contributed by atoms with Crippen LogP contribution in [0.5, 0.6) is 0 Å². The van der Waals surface area contributed by atoms with Crippen molar-refractivity contribution < 1.29 is 18.1 Å². The molecular weight excluding hydrogens is 288 g/mol. The van der Waals surface area contributed by atoms with Gasteiger partial charge in [-0.05, 0) is 25.7 Å². The summed E-state index contributed by atoms with van der Waals surface area (Å²) in [6.07, 6.45) is 10.2. The van der Waals surface area contributed by atoms with E-state index in [9.17, 15) is 18.1 Å². The van der Waals surface area contributed by atoms with Crippen molar-refractivity contribution in [3.63, 3.8) is 0 Å². The Balaban J connectivity index is 3.92. The molecular formula is C16H34O4S. The van der Waals surface area contributed by atoms with E-state index in [-0.39, 0.29) is 6.10 Å². The van der Waals surface area contributed by atoms with Crippen LogP contribution in [0.15, 0.2) is 0 Å². The predicted molar refractivity (Wildman–Crippen MR) is 88.1 cm³/mol. The second kappa shape index (κ2) is 12.4. The molecule has 2 N–H and O–H groups in total. The molecule has 0 aromatic heterocycles. The molecule has 0 aliphatic heterocycles. The normalized spacial score (nSPS) is 15.0. The molecule has 0 aliphatic rings. The van der Waals surface area contributed by atoms with Gasteiger partial charge >= 0.3 is 0 Å². The fraction of sp³-hybridized carbons (Fsp3) is 1.00. The summed E-state index contributed by atoms with van der Waals surface area (Å²) in [4.78, 5) is 0. The second-order valence-electron chi connectivity index (χ2n) is 6.07. The third-order valence-corrected chi connectivity index (χ3v) is 5.32. The molecule has 0 radical (unpaired) electrons. The van der Waals surface area contributed by atoms with E-state index in [1.54, 1.807) is 0 Å². The highest BCUT2D eigenvalue weighted by Gasteiger charge is 2.21. The maximum absolute atomic E-state index is 11.4. The summed E-state index contributed by atoms with van der Waals surface area (Å²) >= 11 is 0. The highest BCUT2D eigenvalue weighted by atomic mass is 32.2. The molecule has 0 aromatic rings. The fourth-order valence-corrected chi connectivity index (χ4v) is 3.51. The van der Waals surface area contributed by atoms with Gasteiger partial charge in [0.1, 0.15) is 0 Å². The van der Waals surface area contributed by atoms with Crippen molar-refractivity contribution in [2.45, 2.75) is 102 Å². The van der Waals surface area contributed by atoms with Gasteiger partial charge in [0.25, 0.3) is 10.1 Å². The van der Waals surface area contributed by atoms with E-state index >= 15 is 0 Å². The highest BCUT2D eigenvalue weighted by molar-refractivity contribution is 7.86. The summed E-state index contributed by atoms with van der Waals surface area (Å²) < 4.78 is 32.0. The van der Waals surface area contributed by atoms with Crippen LogP contribution < -0.4 is 0 Å². The molecule has 0 amide bonds. The first-order chi connectivity index (χ1) is 9.91. The van der Waals surface area contributed by atoms with Crippen molar-refractivity contribution in [3.8, 4) is 0 Å². The Hall–Kier alpha value is -0.130. The molecule has 4 nitrogen and oxygen atoms in total. The fourth-order valence-electron chi connectivity index (χ4n) is 2.58. The summed E-state index contributed by atoms with van der Waals surface area (Å²) in [7, 11) is -3.93. The maximum Gasteiger partial charge on any atom is 0.267 e. The van der Waals surface area contributed by atoms with E-state index in [1.807, 2.05) is 0 Å². The number of aliphatic hydroxyl groups excluding tert-OH is 1. The Morgan fingerprint density at radius 2 is 1.24 bits per heavy atom. The summed E-state index contributed by atoms with van der Waals surface area (Å²) in [5.41, 5.74) is 0. The molecule has 5 heteroatoms. The van der Waals surface area contributed by atoms with Gasteiger partial charge < -0.3 is 5.11 Å². The molecule has 0 bridgehead atoms. The Bertz CT molecular complexity index is 327.